The van der Waals surface area contributed by atoms with Crippen LogP contribution in [0.1, 0.15) is 51.4 Å². The van der Waals surface area contributed by atoms with Crippen molar-refractivity contribution < 1.29 is 38.7 Å². The largest absolute Gasteiger partial charge is 0.481 e. The van der Waals surface area contributed by atoms with Crippen LogP contribution in [0, 0.1) is 5.92 Å². The number of fused-ring (bicyclic) bond motifs is 1. The van der Waals surface area contributed by atoms with E-state index >= 15 is 0 Å². The highest BCUT2D eigenvalue weighted by Gasteiger charge is 2.48. The number of ether oxygens (including phenoxy) is 5. The molecule has 1 aromatic carbocycles. The molecular formula is C27H36O8. The molecular weight excluding hydrogens is 452 g/mol. The lowest BCUT2D eigenvalue weighted by Crippen LogP contribution is -2.58. The molecule has 1 aromatic rings. The molecule has 0 aromatic heterocycles. The Kier molecular flexibility index (Phi) is 8.29. The van der Waals surface area contributed by atoms with E-state index in [1.165, 1.54) is 6.08 Å². The van der Waals surface area contributed by atoms with Crippen molar-refractivity contribution in [1.82, 2.24) is 0 Å². The molecule has 0 spiro atoms. The topological polar surface area (TPSA) is 104 Å². The van der Waals surface area contributed by atoms with E-state index < -0.39 is 24.0 Å². The maximum Gasteiger partial charge on any atom is 0.370 e. The molecule has 3 fully saturated rings. The van der Waals surface area contributed by atoms with Crippen LogP contribution in [-0.2, 0) is 28.5 Å². The van der Waals surface area contributed by atoms with Crippen molar-refractivity contribution in [3.05, 3.63) is 60.4 Å². The van der Waals surface area contributed by atoms with Crippen LogP contribution in [0.5, 0.6) is 0 Å². The fraction of sp³-hybridized carbons (Fsp3) is 0.593. The molecule has 3 aliphatic heterocycles. The molecule has 35 heavy (non-hydrogen) atoms. The zero-order chi connectivity index (χ0) is 25.0. The molecule has 0 saturated carbocycles. The van der Waals surface area contributed by atoms with Gasteiger partial charge in [-0.1, -0.05) is 43.3 Å². The molecule has 0 radical (unpaired) electrons. The molecule has 0 aliphatic carbocycles. The Morgan fingerprint density at radius 1 is 1.26 bits per heavy atom. The Morgan fingerprint density at radius 3 is 2.74 bits per heavy atom. The molecule has 8 heteroatoms. The summed E-state index contributed by atoms with van der Waals surface area (Å²) in [7, 11) is 0. The summed E-state index contributed by atoms with van der Waals surface area (Å²) in [6.45, 7) is 8.43. The summed E-state index contributed by atoms with van der Waals surface area (Å²) < 4.78 is 29.9. The highest BCUT2D eigenvalue weighted by molar-refractivity contribution is 5.84. The highest BCUT2D eigenvalue weighted by Crippen LogP contribution is 2.39. The van der Waals surface area contributed by atoms with Gasteiger partial charge in [-0.3, -0.25) is 0 Å². The number of carboxylic acids is 1. The lowest BCUT2D eigenvalue weighted by molar-refractivity contribution is -0.315. The average molecular weight is 489 g/mol. The molecule has 8 atom stereocenters. The molecule has 192 valence electrons. The minimum atomic E-state index is -1.21. The number of hydrogen-bond donors (Lipinski definition) is 2. The van der Waals surface area contributed by atoms with E-state index in [0.717, 1.165) is 12.0 Å². The molecule has 0 bridgehead atoms. The summed E-state index contributed by atoms with van der Waals surface area (Å²) in [5.41, 5.74) is -0.303. The Morgan fingerprint density at radius 2 is 2.03 bits per heavy atom. The standard InChI is InChI=1S/C27H36O8/c1-4-17(2)24-19(11-8-14-31-24)33-20(25(28)29)12-13-23-27(3,30)15-21-22(34-23)16-32-26(35-21)18-9-6-5-7-10-18/h4-7,9-10,12,17,19,21-24,26,30H,1,8,11,13-16H2,2-3H3,(H,28,29)/b20-12-/t17-,19+,21+,22-,23+,24-,26-,27-/m1/s1. The van der Waals surface area contributed by atoms with Gasteiger partial charge in [0.25, 0.3) is 0 Å². The third kappa shape index (κ3) is 6.13. The summed E-state index contributed by atoms with van der Waals surface area (Å²) in [5, 5.41) is 20.9. The van der Waals surface area contributed by atoms with E-state index in [4.69, 9.17) is 23.7 Å². The summed E-state index contributed by atoms with van der Waals surface area (Å²) in [6, 6.07) is 9.65. The van der Waals surface area contributed by atoms with E-state index in [-0.39, 0.29) is 42.5 Å². The van der Waals surface area contributed by atoms with Crippen molar-refractivity contribution >= 4 is 5.97 Å². The summed E-state index contributed by atoms with van der Waals surface area (Å²) >= 11 is 0. The third-order valence-corrected chi connectivity index (χ3v) is 7.05. The molecule has 0 unspecified atom stereocenters. The zero-order valence-electron chi connectivity index (χ0n) is 20.4. The van der Waals surface area contributed by atoms with E-state index in [1.807, 2.05) is 37.3 Å². The summed E-state index contributed by atoms with van der Waals surface area (Å²) in [6.07, 6.45) is 2.83. The predicted octanol–water partition coefficient (Wildman–Crippen LogP) is 3.75. The number of benzene rings is 1. The number of hydrogen-bond acceptors (Lipinski definition) is 7. The molecule has 0 amide bonds. The minimum Gasteiger partial charge on any atom is -0.481 e. The first-order valence-corrected chi connectivity index (χ1v) is 12.3. The van der Waals surface area contributed by atoms with Crippen molar-refractivity contribution in [3.63, 3.8) is 0 Å². The van der Waals surface area contributed by atoms with Crippen LogP contribution >= 0.6 is 0 Å². The zero-order valence-corrected chi connectivity index (χ0v) is 20.4. The van der Waals surface area contributed by atoms with Gasteiger partial charge in [-0.2, -0.15) is 0 Å². The fourth-order valence-corrected chi connectivity index (χ4v) is 4.96. The first-order valence-electron chi connectivity index (χ1n) is 12.3. The van der Waals surface area contributed by atoms with Crippen LogP contribution in [0.25, 0.3) is 0 Å². The van der Waals surface area contributed by atoms with Crippen LogP contribution in [0.4, 0.5) is 0 Å². The molecule has 3 saturated heterocycles. The quantitative estimate of drug-likeness (QED) is 0.324. The summed E-state index contributed by atoms with van der Waals surface area (Å²) in [4.78, 5) is 12.0. The number of carbonyl (C=O) groups is 1. The second-order valence-corrected chi connectivity index (χ2v) is 9.81. The van der Waals surface area contributed by atoms with Gasteiger partial charge in [-0.25, -0.2) is 4.79 Å². The SMILES string of the molecule is C=C[C@@H](C)[C@H]1OCCC[C@@H]1O/C(=C\C[C@@H]1O[C@@H]2CO[C@@H](c3ccccc3)O[C@H]2C[C@@]1(C)O)C(=O)O. The number of aliphatic carboxylic acids is 1. The second kappa shape index (κ2) is 11.2. The number of carboxylic acid groups (broad SMARTS) is 1. The minimum absolute atomic E-state index is 0.0284. The van der Waals surface area contributed by atoms with Gasteiger partial charge in [-0.15, -0.1) is 6.58 Å². The predicted molar refractivity (Wildman–Crippen MR) is 127 cm³/mol. The first kappa shape index (κ1) is 25.9. The highest BCUT2D eigenvalue weighted by atomic mass is 16.7. The van der Waals surface area contributed by atoms with E-state index in [0.29, 0.717) is 26.1 Å². The van der Waals surface area contributed by atoms with Gasteiger partial charge in [0.2, 0.25) is 5.76 Å². The second-order valence-electron chi connectivity index (χ2n) is 9.81. The smallest absolute Gasteiger partial charge is 0.370 e. The molecule has 3 aliphatic rings. The number of aliphatic hydroxyl groups is 1. The Balaban J connectivity index is 1.41. The van der Waals surface area contributed by atoms with Gasteiger partial charge >= 0.3 is 5.97 Å². The van der Waals surface area contributed by atoms with Crippen LogP contribution in [0.15, 0.2) is 54.8 Å². The maximum atomic E-state index is 12.0. The van der Waals surface area contributed by atoms with Crippen molar-refractivity contribution in [2.24, 2.45) is 5.92 Å². The Labute approximate surface area is 206 Å². The van der Waals surface area contributed by atoms with Crippen molar-refractivity contribution in [1.29, 1.82) is 0 Å². The number of rotatable bonds is 8. The van der Waals surface area contributed by atoms with Gasteiger partial charge < -0.3 is 33.9 Å². The fourth-order valence-electron chi connectivity index (χ4n) is 4.96. The maximum absolute atomic E-state index is 12.0. The van der Waals surface area contributed by atoms with Crippen LogP contribution in [0.3, 0.4) is 0 Å². The van der Waals surface area contributed by atoms with E-state index in [1.54, 1.807) is 13.0 Å². The monoisotopic (exact) mass is 488 g/mol. The Hall–Kier alpha value is -2.23. The molecule has 4 rings (SSSR count). The Bertz CT molecular complexity index is 898. The lowest BCUT2D eigenvalue weighted by atomic mass is 9.84. The van der Waals surface area contributed by atoms with E-state index in [9.17, 15) is 15.0 Å². The molecule has 2 N–H and O–H groups in total. The lowest BCUT2D eigenvalue weighted by Gasteiger charge is -2.48. The van der Waals surface area contributed by atoms with Crippen molar-refractivity contribution in [3.8, 4) is 0 Å². The average Bonchev–Trinajstić information content (AvgIpc) is 2.86. The van der Waals surface area contributed by atoms with Gasteiger partial charge in [0.1, 0.15) is 18.3 Å². The van der Waals surface area contributed by atoms with Gasteiger partial charge in [0.15, 0.2) is 6.29 Å². The molecule has 3 heterocycles. The van der Waals surface area contributed by atoms with Crippen LogP contribution in [-0.4, -0.2) is 65.5 Å². The van der Waals surface area contributed by atoms with Gasteiger partial charge in [0, 0.05) is 24.5 Å². The summed E-state index contributed by atoms with van der Waals surface area (Å²) in [5.74, 6) is -1.30. The van der Waals surface area contributed by atoms with Crippen molar-refractivity contribution in [2.75, 3.05) is 13.2 Å². The van der Waals surface area contributed by atoms with E-state index in [2.05, 4.69) is 6.58 Å². The van der Waals surface area contributed by atoms with Crippen molar-refractivity contribution in [2.45, 2.75) is 81.9 Å². The van der Waals surface area contributed by atoms with Crippen LogP contribution in [0.2, 0.25) is 0 Å². The molecule has 8 nitrogen and oxygen atoms in total. The van der Waals surface area contributed by atoms with Gasteiger partial charge in [-0.05, 0) is 32.3 Å². The third-order valence-electron chi connectivity index (χ3n) is 7.05. The normalized spacial score (nSPS) is 36.6. The van der Waals surface area contributed by atoms with Gasteiger partial charge in [0.05, 0.1) is 24.4 Å². The first-order chi connectivity index (χ1) is 16.8. The van der Waals surface area contributed by atoms with Crippen LogP contribution < -0.4 is 0 Å².